The first kappa shape index (κ1) is 31.4. The van der Waals surface area contributed by atoms with E-state index >= 15 is 0 Å². The van der Waals surface area contributed by atoms with Crippen LogP contribution in [0.4, 0.5) is 0 Å². The zero-order valence-electron chi connectivity index (χ0n) is 18.9. The molecule has 16 nitrogen and oxygen atoms in total. The molecular weight excluding hydrogens is 486 g/mol. The van der Waals surface area contributed by atoms with E-state index in [2.05, 4.69) is 33.6 Å². The number of aliphatic carboxylic acids is 1. The van der Waals surface area contributed by atoms with Gasteiger partial charge in [0, 0.05) is 18.7 Å². The first-order valence-corrected chi connectivity index (χ1v) is 11.0. The highest BCUT2D eigenvalue weighted by atomic mass is 32.1. The molecule has 0 aliphatic carbocycles. The summed E-state index contributed by atoms with van der Waals surface area (Å²) in [6.07, 6.45) is -0.664. The summed E-state index contributed by atoms with van der Waals surface area (Å²) >= 11 is 3.83. The summed E-state index contributed by atoms with van der Waals surface area (Å²) in [5, 5.41) is 15.9. The molecule has 14 N–H and O–H groups in total. The Labute approximate surface area is 206 Å². The quantitative estimate of drug-likeness (QED) is 0.0377. The fourth-order valence-corrected chi connectivity index (χ4v) is 2.87. The normalized spacial score (nSPS) is 13.9. The molecule has 0 saturated carbocycles. The molecule has 0 aromatic rings. The van der Waals surface area contributed by atoms with Crippen molar-refractivity contribution in [2.45, 2.75) is 56.3 Å². The highest BCUT2D eigenvalue weighted by Gasteiger charge is 2.30. The molecule has 0 rings (SSSR count). The van der Waals surface area contributed by atoms with Gasteiger partial charge >= 0.3 is 5.97 Å². The smallest absolute Gasteiger partial charge is 0.327 e. The summed E-state index contributed by atoms with van der Waals surface area (Å²) < 4.78 is 0. The average molecular weight is 520 g/mol. The summed E-state index contributed by atoms with van der Waals surface area (Å²) in [7, 11) is 0. The summed E-state index contributed by atoms with van der Waals surface area (Å²) in [6, 6.07) is -5.34. The van der Waals surface area contributed by atoms with Crippen LogP contribution in [-0.4, -0.2) is 83.0 Å². The van der Waals surface area contributed by atoms with Crippen LogP contribution in [0.1, 0.15) is 32.1 Å². The number of thiol groups is 1. The number of carbonyl (C=O) groups excluding carboxylic acids is 5. The summed E-state index contributed by atoms with van der Waals surface area (Å²) in [5.74, 6) is -6.10. The number of guanidine groups is 1. The number of amides is 5. The van der Waals surface area contributed by atoms with E-state index in [9.17, 15) is 28.8 Å². The van der Waals surface area contributed by atoms with Crippen LogP contribution in [0.25, 0.3) is 0 Å². The lowest BCUT2D eigenvalue weighted by Crippen LogP contribution is -2.58. The van der Waals surface area contributed by atoms with Crippen molar-refractivity contribution in [3.05, 3.63) is 0 Å². The third-order valence-electron chi connectivity index (χ3n) is 4.45. The summed E-state index contributed by atoms with van der Waals surface area (Å²) in [6.45, 7) is 0.114. The Balaban J connectivity index is 5.54. The number of primary amides is 2. The number of hydrogen-bond donors (Lipinski definition) is 10. The molecule has 0 saturated heterocycles. The number of carboxylic acids is 1. The van der Waals surface area contributed by atoms with Gasteiger partial charge in [0.25, 0.3) is 0 Å². The Hall–Kier alpha value is -3.60. The van der Waals surface area contributed by atoms with Gasteiger partial charge in [0.15, 0.2) is 5.96 Å². The number of nitrogens with zero attached hydrogens (tertiary/aromatic N) is 1. The molecule has 0 fully saturated rings. The van der Waals surface area contributed by atoms with Gasteiger partial charge in [-0.1, -0.05) is 0 Å². The number of nitrogens with one attached hydrogen (secondary N) is 3. The van der Waals surface area contributed by atoms with Crippen molar-refractivity contribution in [3.8, 4) is 0 Å². The zero-order valence-corrected chi connectivity index (χ0v) is 19.8. The third kappa shape index (κ3) is 13.6. The van der Waals surface area contributed by atoms with Crippen LogP contribution in [0, 0.1) is 0 Å². The Bertz CT molecular complexity index is 820. The standard InChI is InChI=1S/C18H33N9O7S/c19-8(3-4-12(20)28)14(30)25-9(2-1-5-24-18(22)23)15(31)26-10(6-13(21)29)16(32)27-11(7-35)17(33)34/h8-11,35H,1-7,19H2,(H2,20,28)(H2,21,29)(H,25,30)(H,26,31)(H,27,32)(H,33,34)(H4,22,23,24). The Morgan fingerprint density at radius 2 is 1.34 bits per heavy atom. The number of carbonyl (C=O) groups is 6. The van der Waals surface area contributed by atoms with Crippen LogP contribution in [0.5, 0.6) is 0 Å². The molecule has 0 aliphatic rings. The summed E-state index contributed by atoms with van der Waals surface area (Å²) in [4.78, 5) is 75.1. The second-order valence-electron chi connectivity index (χ2n) is 7.44. The first-order chi connectivity index (χ1) is 16.3. The number of nitrogens with two attached hydrogens (primary N) is 5. The van der Waals surface area contributed by atoms with Gasteiger partial charge in [-0.05, 0) is 19.3 Å². The maximum atomic E-state index is 12.9. The van der Waals surface area contributed by atoms with Crippen LogP contribution < -0.4 is 44.6 Å². The van der Waals surface area contributed by atoms with Gasteiger partial charge in [-0.15, -0.1) is 0 Å². The van der Waals surface area contributed by atoms with Crippen LogP contribution >= 0.6 is 12.6 Å². The molecule has 5 amide bonds. The minimum atomic E-state index is -1.54. The van der Waals surface area contributed by atoms with Gasteiger partial charge < -0.3 is 49.7 Å². The number of aliphatic imine (C=N–C) groups is 1. The van der Waals surface area contributed by atoms with Gasteiger partial charge in [0.1, 0.15) is 18.1 Å². The van der Waals surface area contributed by atoms with E-state index in [0.29, 0.717) is 0 Å². The van der Waals surface area contributed by atoms with Crippen molar-refractivity contribution < 1.29 is 33.9 Å². The predicted molar refractivity (Wildman–Crippen MR) is 127 cm³/mol. The van der Waals surface area contributed by atoms with Crippen molar-refractivity contribution in [3.63, 3.8) is 0 Å². The molecule has 4 atom stereocenters. The lowest BCUT2D eigenvalue weighted by molar-refractivity contribution is -0.141. The lowest BCUT2D eigenvalue weighted by Gasteiger charge is -2.24. The largest absolute Gasteiger partial charge is 0.480 e. The average Bonchev–Trinajstić information content (AvgIpc) is 2.75. The van der Waals surface area contributed by atoms with Gasteiger partial charge in [0.05, 0.1) is 12.5 Å². The van der Waals surface area contributed by atoms with Crippen LogP contribution in [0.2, 0.25) is 0 Å². The highest BCUT2D eigenvalue weighted by Crippen LogP contribution is 2.04. The third-order valence-corrected chi connectivity index (χ3v) is 4.82. The van der Waals surface area contributed by atoms with Crippen molar-refractivity contribution in [2.24, 2.45) is 33.7 Å². The van der Waals surface area contributed by atoms with Gasteiger partial charge in [-0.2, -0.15) is 12.6 Å². The minimum Gasteiger partial charge on any atom is -0.480 e. The van der Waals surface area contributed by atoms with Gasteiger partial charge in [-0.25, -0.2) is 4.79 Å². The Kier molecular flexibility index (Phi) is 14.4. The Morgan fingerprint density at radius 1 is 0.800 bits per heavy atom. The molecule has 35 heavy (non-hydrogen) atoms. The van der Waals surface area contributed by atoms with Gasteiger partial charge in [0.2, 0.25) is 29.5 Å². The second-order valence-corrected chi connectivity index (χ2v) is 7.80. The highest BCUT2D eigenvalue weighted by molar-refractivity contribution is 7.80. The van der Waals surface area contributed by atoms with E-state index in [0.717, 1.165) is 0 Å². The molecule has 0 spiro atoms. The maximum absolute atomic E-state index is 12.9. The van der Waals surface area contributed by atoms with Gasteiger partial charge in [-0.3, -0.25) is 29.0 Å². The van der Waals surface area contributed by atoms with E-state index < -0.39 is 66.1 Å². The number of rotatable bonds is 17. The summed E-state index contributed by atoms with van der Waals surface area (Å²) in [5.41, 5.74) is 26.4. The monoisotopic (exact) mass is 519 g/mol. The second kappa shape index (κ2) is 16.1. The Morgan fingerprint density at radius 3 is 1.83 bits per heavy atom. The van der Waals surface area contributed by atoms with Crippen LogP contribution in [-0.2, 0) is 28.8 Å². The van der Waals surface area contributed by atoms with E-state index in [4.69, 9.17) is 33.8 Å². The van der Waals surface area contributed by atoms with Crippen LogP contribution in [0.3, 0.4) is 0 Å². The molecule has 17 heteroatoms. The van der Waals surface area contributed by atoms with Crippen molar-refractivity contribution in [1.29, 1.82) is 0 Å². The molecule has 0 bridgehead atoms. The fourth-order valence-electron chi connectivity index (χ4n) is 2.62. The molecule has 0 radical (unpaired) electrons. The molecule has 198 valence electrons. The number of hydrogen-bond acceptors (Lipinski definition) is 9. The maximum Gasteiger partial charge on any atom is 0.327 e. The zero-order chi connectivity index (χ0) is 27.1. The van der Waals surface area contributed by atoms with E-state index in [1.165, 1.54) is 0 Å². The van der Waals surface area contributed by atoms with Crippen molar-refractivity contribution in [2.75, 3.05) is 12.3 Å². The van der Waals surface area contributed by atoms with E-state index in [1.54, 1.807) is 0 Å². The SMILES string of the molecule is NC(=O)CCC(N)C(=O)NC(CCCN=C(N)N)C(=O)NC(CC(N)=O)C(=O)NC(CS)C(=O)O. The fraction of sp³-hybridized carbons (Fsp3) is 0.611. The lowest BCUT2D eigenvalue weighted by atomic mass is 10.1. The minimum absolute atomic E-state index is 0.00378. The molecule has 0 heterocycles. The molecular formula is C18H33N9O7S. The van der Waals surface area contributed by atoms with E-state index in [-0.39, 0.29) is 43.9 Å². The van der Waals surface area contributed by atoms with Crippen molar-refractivity contribution >= 4 is 54.1 Å². The molecule has 0 aromatic heterocycles. The number of carboxylic acid groups (broad SMARTS) is 1. The topological polar surface area (TPSA) is 301 Å². The van der Waals surface area contributed by atoms with Crippen LogP contribution in [0.15, 0.2) is 4.99 Å². The molecule has 0 aromatic carbocycles. The molecule has 0 aliphatic heterocycles. The molecule has 4 unspecified atom stereocenters. The predicted octanol–water partition coefficient (Wildman–Crippen LogP) is -5.02. The van der Waals surface area contributed by atoms with Crippen molar-refractivity contribution in [1.82, 2.24) is 16.0 Å². The first-order valence-electron chi connectivity index (χ1n) is 10.4. The van der Waals surface area contributed by atoms with E-state index in [1.807, 2.05) is 0 Å².